The van der Waals surface area contributed by atoms with Gasteiger partial charge in [-0.15, -0.1) is 0 Å². The summed E-state index contributed by atoms with van der Waals surface area (Å²) in [6.45, 7) is 0.327. The molecule has 1 atom stereocenters. The highest BCUT2D eigenvalue weighted by Gasteiger charge is 2.22. The lowest BCUT2D eigenvalue weighted by molar-refractivity contribution is -0.121. The number of carbonyl (C=O) groups excluding carboxylic acids is 1. The topological polar surface area (TPSA) is 74.6 Å². The van der Waals surface area contributed by atoms with Gasteiger partial charge in [-0.1, -0.05) is 29.3 Å². The first kappa shape index (κ1) is 23.8. The summed E-state index contributed by atoms with van der Waals surface area (Å²) in [5.74, 6) is 2.30. The number of benzene rings is 2. The van der Waals surface area contributed by atoms with Crippen molar-refractivity contribution >= 4 is 29.1 Å². The quantitative estimate of drug-likeness (QED) is 0.424. The number of hydrogen-bond acceptors (Lipinski definition) is 5. The van der Waals surface area contributed by atoms with Crippen LogP contribution >= 0.6 is 23.2 Å². The summed E-state index contributed by atoms with van der Waals surface area (Å²) < 4.78 is 18.3. The van der Waals surface area contributed by atoms with Gasteiger partial charge in [0.05, 0.1) is 25.8 Å². The Morgan fingerprint density at radius 3 is 2.50 bits per heavy atom. The number of ether oxygens (including phenoxy) is 3. The van der Waals surface area contributed by atoms with Crippen molar-refractivity contribution in [2.75, 3.05) is 20.8 Å². The number of imidazole rings is 1. The molecule has 0 saturated carbocycles. The number of nitrogens with zero attached hydrogens (tertiary/aromatic N) is 2. The Bertz CT molecular complexity index is 1050. The zero-order valence-corrected chi connectivity index (χ0v) is 19.6. The van der Waals surface area contributed by atoms with Gasteiger partial charge in [-0.3, -0.25) is 4.79 Å². The molecule has 32 heavy (non-hydrogen) atoms. The zero-order valence-electron chi connectivity index (χ0n) is 18.1. The fraction of sp³-hybridized carbons (Fsp3) is 0.304. The van der Waals surface area contributed by atoms with Crippen LogP contribution in [0.25, 0.3) is 0 Å². The van der Waals surface area contributed by atoms with E-state index in [-0.39, 0.29) is 12.3 Å². The van der Waals surface area contributed by atoms with Crippen molar-refractivity contribution in [3.8, 4) is 17.2 Å². The second kappa shape index (κ2) is 11.1. The Morgan fingerprint density at radius 1 is 1.16 bits per heavy atom. The highest BCUT2D eigenvalue weighted by molar-refractivity contribution is 6.42. The van der Waals surface area contributed by atoms with Crippen LogP contribution in [0.5, 0.6) is 17.2 Å². The molecule has 9 heteroatoms. The molecule has 1 heterocycles. The molecule has 3 rings (SSSR count). The summed E-state index contributed by atoms with van der Waals surface area (Å²) in [6, 6.07) is 10.2. The number of nitrogens with one attached hydrogen (secondary N) is 1. The van der Waals surface area contributed by atoms with Gasteiger partial charge in [0.25, 0.3) is 0 Å². The molecular formula is C23H25Cl2N3O4. The molecule has 1 aromatic heterocycles. The van der Waals surface area contributed by atoms with Gasteiger partial charge < -0.3 is 24.1 Å². The van der Waals surface area contributed by atoms with E-state index in [1.807, 2.05) is 29.9 Å². The summed E-state index contributed by atoms with van der Waals surface area (Å²) in [5.41, 5.74) is 0.797. The third-order valence-corrected chi connectivity index (χ3v) is 5.65. The Kier molecular flexibility index (Phi) is 8.25. The Morgan fingerprint density at radius 2 is 1.88 bits per heavy atom. The lowest BCUT2D eigenvalue weighted by atomic mass is 10.0. The van der Waals surface area contributed by atoms with Gasteiger partial charge in [-0.2, -0.15) is 0 Å². The first-order valence-corrected chi connectivity index (χ1v) is 10.7. The fourth-order valence-electron chi connectivity index (χ4n) is 3.19. The molecule has 0 saturated heterocycles. The third-order valence-electron chi connectivity index (χ3n) is 4.85. The van der Waals surface area contributed by atoms with Crippen molar-refractivity contribution in [1.82, 2.24) is 14.9 Å². The standard InChI is InChI=1S/C23H25Cl2N3O4/c1-28-10-9-26-23(28)22(15-12-16(30-2)14-17(13-15)31-3)27-20(29)8-5-11-32-19-7-4-6-18(24)21(19)25/h4,6-7,9-10,12-14,22H,5,8,11H2,1-3H3,(H,27,29). The number of halogens is 2. The number of aromatic nitrogens is 2. The highest BCUT2D eigenvalue weighted by Crippen LogP contribution is 2.32. The number of amides is 1. The van der Waals surface area contributed by atoms with Crippen molar-refractivity contribution in [2.45, 2.75) is 18.9 Å². The maximum atomic E-state index is 12.8. The van der Waals surface area contributed by atoms with E-state index in [4.69, 9.17) is 37.4 Å². The number of carbonyl (C=O) groups is 1. The van der Waals surface area contributed by atoms with E-state index in [2.05, 4.69) is 10.3 Å². The summed E-state index contributed by atoms with van der Waals surface area (Å²) >= 11 is 12.1. The largest absolute Gasteiger partial charge is 0.497 e. The molecule has 0 aliphatic carbocycles. The number of methoxy groups -OCH3 is 2. The minimum atomic E-state index is -0.477. The predicted octanol–water partition coefficient (Wildman–Crippen LogP) is 4.81. The monoisotopic (exact) mass is 477 g/mol. The minimum Gasteiger partial charge on any atom is -0.497 e. The average molecular weight is 478 g/mol. The first-order valence-electron chi connectivity index (χ1n) is 9.99. The van der Waals surface area contributed by atoms with Gasteiger partial charge in [0.2, 0.25) is 5.91 Å². The van der Waals surface area contributed by atoms with Crippen LogP contribution in [0.1, 0.15) is 30.3 Å². The predicted molar refractivity (Wildman–Crippen MR) is 124 cm³/mol. The lowest BCUT2D eigenvalue weighted by Crippen LogP contribution is -2.31. The number of rotatable bonds is 10. The Hall–Kier alpha value is -2.90. The van der Waals surface area contributed by atoms with E-state index >= 15 is 0 Å². The van der Waals surface area contributed by atoms with Gasteiger partial charge in [0.1, 0.15) is 34.1 Å². The fourth-order valence-corrected chi connectivity index (χ4v) is 3.54. The second-order valence-corrected chi connectivity index (χ2v) is 7.83. The van der Waals surface area contributed by atoms with Crippen LogP contribution in [0.2, 0.25) is 10.0 Å². The van der Waals surface area contributed by atoms with Crippen LogP contribution in [-0.4, -0.2) is 36.3 Å². The van der Waals surface area contributed by atoms with Gasteiger partial charge in [-0.05, 0) is 36.2 Å². The van der Waals surface area contributed by atoms with Crippen molar-refractivity contribution in [2.24, 2.45) is 7.05 Å². The molecule has 0 aliphatic rings. The molecule has 170 valence electrons. The normalized spacial score (nSPS) is 11.7. The second-order valence-electron chi connectivity index (χ2n) is 7.05. The van der Waals surface area contributed by atoms with E-state index in [1.165, 1.54) is 0 Å². The smallest absolute Gasteiger partial charge is 0.220 e. The van der Waals surface area contributed by atoms with Crippen LogP contribution in [0.3, 0.4) is 0 Å². The lowest BCUT2D eigenvalue weighted by Gasteiger charge is -2.20. The van der Waals surface area contributed by atoms with Crippen LogP contribution in [0.15, 0.2) is 48.8 Å². The van der Waals surface area contributed by atoms with E-state index in [0.717, 1.165) is 5.56 Å². The molecule has 7 nitrogen and oxygen atoms in total. The van der Waals surface area contributed by atoms with Gasteiger partial charge in [0.15, 0.2) is 0 Å². The Balaban J connectivity index is 1.68. The summed E-state index contributed by atoms with van der Waals surface area (Å²) in [5, 5.41) is 3.85. The van der Waals surface area contributed by atoms with Gasteiger partial charge >= 0.3 is 0 Å². The van der Waals surface area contributed by atoms with Gasteiger partial charge in [-0.25, -0.2) is 4.98 Å². The van der Waals surface area contributed by atoms with E-state index in [1.54, 1.807) is 44.7 Å². The molecule has 0 bridgehead atoms. The number of aryl methyl sites for hydroxylation is 1. The molecule has 1 unspecified atom stereocenters. The first-order chi connectivity index (χ1) is 15.4. The van der Waals surface area contributed by atoms with E-state index in [0.29, 0.717) is 46.1 Å². The minimum absolute atomic E-state index is 0.138. The Labute approximate surface area is 197 Å². The zero-order chi connectivity index (χ0) is 23.1. The third kappa shape index (κ3) is 5.87. The van der Waals surface area contributed by atoms with Gasteiger partial charge in [0, 0.05) is 31.9 Å². The van der Waals surface area contributed by atoms with Crippen LogP contribution in [-0.2, 0) is 11.8 Å². The maximum Gasteiger partial charge on any atom is 0.220 e. The molecular weight excluding hydrogens is 453 g/mol. The molecule has 1 amide bonds. The molecule has 1 N–H and O–H groups in total. The maximum absolute atomic E-state index is 12.8. The summed E-state index contributed by atoms with van der Waals surface area (Å²) in [6.07, 6.45) is 4.28. The summed E-state index contributed by atoms with van der Waals surface area (Å²) in [4.78, 5) is 17.2. The van der Waals surface area contributed by atoms with Crippen molar-refractivity contribution in [3.05, 3.63) is 70.2 Å². The van der Waals surface area contributed by atoms with Crippen LogP contribution in [0.4, 0.5) is 0 Å². The van der Waals surface area contributed by atoms with Crippen LogP contribution < -0.4 is 19.5 Å². The van der Waals surface area contributed by atoms with Crippen molar-refractivity contribution in [1.29, 1.82) is 0 Å². The molecule has 2 aromatic carbocycles. The molecule has 3 aromatic rings. The van der Waals surface area contributed by atoms with E-state index in [9.17, 15) is 4.79 Å². The molecule has 0 aliphatic heterocycles. The van der Waals surface area contributed by atoms with Crippen molar-refractivity contribution in [3.63, 3.8) is 0 Å². The average Bonchev–Trinajstić information content (AvgIpc) is 3.22. The summed E-state index contributed by atoms with van der Waals surface area (Å²) in [7, 11) is 5.04. The van der Waals surface area contributed by atoms with Crippen molar-refractivity contribution < 1.29 is 19.0 Å². The molecule has 0 fully saturated rings. The molecule has 0 spiro atoms. The molecule has 0 radical (unpaired) electrons. The SMILES string of the molecule is COc1cc(OC)cc(C(NC(=O)CCCOc2cccc(Cl)c2Cl)c2nccn2C)c1. The number of hydrogen-bond donors (Lipinski definition) is 1. The van der Waals surface area contributed by atoms with E-state index < -0.39 is 6.04 Å². The highest BCUT2D eigenvalue weighted by atomic mass is 35.5. The van der Waals surface area contributed by atoms with Crippen LogP contribution in [0, 0.1) is 0 Å².